The van der Waals surface area contributed by atoms with Crippen molar-refractivity contribution in [3.8, 4) is 0 Å². The van der Waals surface area contributed by atoms with Crippen molar-refractivity contribution in [1.82, 2.24) is 0 Å². The molecule has 1 aromatic carbocycles. The second-order valence-corrected chi connectivity index (χ2v) is 1.83. The number of rotatable bonds is 1. The summed E-state index contributed by atoms with van der Waals surface area (Å²) in [5.41, 5.74) is 0.618. The number of hydrogen-bond donors (Lipinski definition) is 0. The molecule has 4 heteroatoms. The third kappa shape index (κ3) is 4.03. The van der Waals surface area contributed by atoms with Gasteiger partial charge < -0.3 is 10.4 Å². The maximum atomic E-state index is 9.92. The zero-order valence-electron chi connectivity index (χ0n) is 6.23. The molecule has 0 spiro atoms. The van der Waals surface area contributed by atoms with Crippen LogP contribution in [0.5, 0.6) is 0 Å². The first-order valence-corrected chi connectivity index (χ1v) is 2.82. The van der Waals surface area contributed by atoms with Crippen molar-refractivity contribution in [2.75, 3.05) is 0 Å². The van der Waals surface area contributed by atoms with Crippen LogP contribution in [0.15, 0.2) is 30.3 Å². The molecule has 0 radical (unpaired) electrons. The molecule has 0 saturated heterocycles. The SMILES string of the molecule is [Na+].[O-][N+]([O-])=Cc1ccccc1. The number of hydrogen-bond acceptors (Lipinski definition) is 2. The van der Waals surface area contributed by atoms with Gasteiger partial charge in [-0.3, -0.25) is 0 Å². The summed E-state index contributed by atoms with van der Waals surface area (Å²) in [6.07, 6.45) is 0.972. The van der Waals surface area contributed by atoms with Crippen molar-refractivity contribution in [3.63, 3.8) is 0 Å². The Bertz CT molecular complexity index is 231. The van der Waals surface area contributed by atoms with E-state index < -0.39 is 4.90 Å². The second-order valence-electron chi connectivity index (χ2n) is 1.83. The van der Waals surface area contributed by atoms with Crippen molar-refractivity contribution in [1.29, 1.82) is 0 Å². The molecule has 1 rings (SSSR count). The monoisotopic (exact) mass is 159 g/mol. The van der Waals surface area contributed by atoms with Crippen LogP contribution in [0.1, 0.15) is 5.56 Å². The fraction of sp³-hybridized carbons (Fsp3) is 0. The van der Waals surface area contributed by atoms with Crippen molar-refractivity contribution < 1.29 is 34.5 Å². The summed E-state index contributed by atoms with van der Waals surface area (Å²) in [6, 6.07) is 8.70. The van der Waals surface area contributed by atoms with Crippen LogP contribution in [0, 0.1) is 10.4 Å². The molecule has 0 atom stereocenters. The normalized spacial score (nSPS) is 8.00. The largest absolute Gasteiger partial charge is 1.00 e. The zero-order chi connectivity index (χ0) is 7.40. The summed E-state index contributed by atoms with van der Waals surface area (Å²) in [5.74, 6) is 0. The van der Waals surface area contributed by atoms with Gasteiger partial charge in [0.05, 0.1) is 0 Å². The molecule has 0 heterocycles. The fourth-order valence-electron chi connectivity index (χ4n) is 0.661. The number of benzene rings is 1. The summed E-state index contributed by atoms with van der Waals surface area (Å²) in [4.78, 5) is -0.463. The van der Waals surface area contributed by atoms with Crippen molar-refractivity contribution >= 4 is 6.21 Å². The Morgan fingerprint density at radius 3 is 2.09 bits per heavy atom. The molecule has 0 N–H and O–H groups in total. The molecule has 0 aliphatic heterocycles. The van der Waals surface area contributed by atoms with Gasteiger partial charge in [-0.2, -0.15) is 4.90 Å². The standard InChI is InChI=1S/C7H6NO2.Na/c9-8(10)6-7-4-2-1-3-5-7;/h1-6H;/q-1;+1. The van der Waals surface area contributed by atoms with Gasteiger partial charge in [-0.1, -0.05) is 18.2 Å². The van der Waals surface area contributed by atoms with Crippen LogP contribution in [-0.2, 0) is 0 Å². The van der Waals surface area contributed by atoms with E-state index in [1.54, 1.807) is 24.3 Å². The fourth-order valence-corrected chi connectivity index (χ4v) is 0.661. The summed E-state index contributed by atoms with van der Waals surface area (Å²) < 4.78 is 0. The summed E-state index contributed by atoms with van der Waals surface area (Å²) >= 11 is 0. The Hall–Kier alpha value is -0.510. The first-order chi connectivity index (χ1) is 4.79. The second kappa shape index (κ2) is 5.18. The van der Waals surface area contributed by atoms with Gasteiger partial charge in [0, 0.05) is 5.56 Å². The first kappa shape index (κ1) is 10.5. The molecule has 1 aromatic rings. The molecular weight excluding hydrogens is 153 g/mol. The van der Waals surface area contributed by atoms with E-state index in [2.05, 4.69) is 0 Å². The molecule has 0 amide bonds. The van der Waals surface area contributed by atoms with E-state index in [1.165, 1.54) is 0 Å². The van der Waals surface area contributed by atoms with Gasteiger partial charge in [0.2, 0.25) is 0 Å². The predicted molar refractivity (Wildman–Crippen MR) is 38.6 cm³/mol. The van der Waals surface area contributed by atoms with Crippen LogP contribution in [-0.4, -0.2) is 11.1 Å². The molecular formula is C7H6NNaO2. The molecule has 52 valence electrons. The molecule has 0 aliphatic carbocycles. The topological polar surface area (TPSA) is 49.1 Å². The Morgan fingerprint density at radius 1 is 1.09 bits per heavy atom. The molecule has 0 aromatic heterocycles. The molecule has 0 unspecified atom stereocenters. The summed E-state index contributed by atoms with van der Waals surface area (Å²) in [7, 11) is 0. The maximum Gasteiger partial charge on any atom is 1.00 e. The average Bonchev–Trinajstić information content (AvgIpc) is 1.88. The first-order valence-electron chi connectivity index (χ1n) is 2.82. The van der Waals surface area contributed by atoms with Crippen molar-refractivity contribution in [2.45, 2.75) is 0 Å². The third-order valence-corrected chi connectivity index (χ3v) is 1.05. The van der Waals surface area contributed by atoms with Gasteiger partial charge in [0.25, 0.3) is 0 Å². The smallest absolute Gasteiger partial charge is 0.612 e. The van der Waals surface area contributed by atoms with Gasteiger partial charge in [0.1, 0.15) is 0 Å². The van der Waals surface area contributed by atoms with E-state index in [1.807, 2.05) is 6.07 Å². The van der Waals surface area contributed by atoms with Crippen molar-refractivity contribution in [3.05, 3.63) is 46.3 Å². The van der Waals surface area contributed by atoms with Gasteiger partial charge in [0.15, 0.2) is 6.21 Å². The van der Waals surface area contributed by atoms with E-state index in [9.17, 15) is 10.4 Å². The molecule has 0 aliphatic rings. The van der Waals surface area contributed by atoms with Crippen LogP contribution in [0.3, 0.4) is 0 Å². The van der Waals surface area contributed by atoms with E-state index in [-0.39, 0.29) is 29.6 Å². The molecule has 0 fully saturated rings. The minimum absolute atomic E-state index is 0. The van der Waals surface area contributed by atoms with E-state index >= 15 is 0 Å². The molecule has 0 bridgehead atoms. The van der Waals surface area contributed by atoms with Crippen molar-refractivity contribution in [2.24, 2.45) is 0 Å². The summed E-state index contributed by atoms with van der Waals surface area (Å²) in [6.45, 7) is 0. The predicted octanol–water partition coefficient (Wildman–Crippen LogP) is -1.88. The maximum absolute atomic E-state index is 9.92. The Labute approximate surface area is 86.8 Å². The van der Waals surface area contributed by atoms with Crippen LogP contribution >= 0.6 is 0 Å². The Kier molecular flexibility index (Phi) is 4.94. The van der Waals surface area contributed by atoms with Gasteiger partial charge in [-0.15, -0.1) is 0 Å². The molecule has 11 heavy (non-hydrogen) atoms. The van der Waals surface area contributed by atoms with Crippen LogP contribution in [0.25, 0.3) is 0 Å². The van der Waals surface area contributed by atoms with E-state index in [0.717, 1.165) is 6.21 Å². The average molecular weight is 159 g/mol. The van der Waals surface area contributed by atoms with Crippen LogP contribution < -0.4 is 29.6 Å². The summed E-state index contributed by atoms with van der Waals surface area (Å²) in [5, 5.41) is 19.8. The minimum atomic E-state index is -0.463. The Morgan fingerprint density at radius 2 is 1.64 bits per heavy atom. The van der Waals surface area contributed by atoms with Gasteiger partial charge in [-0.25, -0.2) is 0 Å². The molecule has 0 saturated carbocycles. The number of nitrogens with zero attached hydrogens (tertiary/aromatic N) is 1. The van der Waals surface area contributed by atoms with Crippen LogP contribution in [0.4, 0.5) is 0 Å². The molecule has 3 nitrogen and oxygen atoms in total. The van der Waals surface area contributed by atoms with Crippen LogP contribution in [0.2, 0.25) is 0 Å². The van der Waals surface area contributed by atoms with Gasteiger partial charge in [-0.05, 0) is 12.1 Å². The minimum Gasteiger partial charge on any atom is -0.612 e. The Balaban J connectivity index is 0.000001000. The van der Waals surface area contributed by atoms with Gasteiger partial charge >= 0.3 is 29.6 Å². The third-order valence-electron chi connectivity index (χ3n) is 1.05. The quantitative estimate of drug-likeness (QED) is 0.208. The van der Waals surface area contributed by atoms with E-state index in [4.69, 9.17) is 0 Å². The zero-order valence-corrected chi connectivity index (χ0v) is 8.23. The van der Waals surface area contributed by atoms with E-state index in [0.29, 0.717) is 5.56 Å².